The van der Waals surface area contributed by atoms with Gasteiger partial charge in [0, 0.05) is 13.1 Å². The maximum Gasteiger partial charge on any atom is 0.233 e. The Morgan fingerprint density at radius 1 is 1.53 bits per heavy atom. The summed E-state index contributed by atoms with van der Waals surface area (Å²) in [5, 5.41) is 12.4. The highest BCUT2D eigenvalue weighted by Crippen LogP contribution is 2.36. The Morgan fingerprint density at radius 3 is 3.11 bits per heavy atom. The molecule has 3 rings (SSSR count). The SMILES string of the molecule is C[C@@H]1CN(C(=O)CSc2nnnn2C2CC2)CCO1. The standard InChI is InChI=1S/C11H17N5O2S/c1-8-6-15(4-5-18-8)10(17)7-19-11-12-13-14-16(11)9-2-3-9/h8-9H,2-7H2,1H3/t8-/m1/s1. The molecule has 0 spiro atoms. The number of carbonyl (C=O) groups is 1. The minimum absolute atomic E-state index is 0.125. The van der Waals surface area contributed by atoms with Crippen molar-refractivity contribution in [3.8, 4) is 0 Å². The molecule has 0 unspecified atom stereocenters. The highest BCUT2D eigenvalue weighted by molar-refractivity contribution is 7.99. The van der Waals surface area contributed by atoms with Crippen molar-refractivity contribution in [2.45, 2.75) is 37.1 Å². The van der Waals surface area contributed by atoms with E-state index in [1.54, 1.807) is 0 Å². The van der Waals surface area contributed by atoms with Crippen LogP contribution in [0.3, 0.4) is 0 Å². The molecule has 1 amide bonds. The fraction of sp³-hybridized carbons (Fsp3) is 0.818. The molecule has 1 aliphatic heterocycles. The van der Waals surface area contributed by atoms with Crippen molar-refractivity contribution in [2.75, 3.05) is 25.4 Å². The molecule has 19 heavy (non-hydrogen) atoms. The highest BCUT2D eigenvalue weighted by Gasteiger charge is 2.28. The van der Waals surface area contributed by atoms with Gasteiger partial charge in [0.25, 0.3) is 0 Å². The highest BCUT2D eigenvalue weighted by atomic mass is 32.2. The molecular formula is C11H17N5O2S. The van der Waals surface area contributed by atoms with E-state index in [-0.39, 0.29) is 12.0 Å². The molecule has 0 bridgehead atoms. The van der Waals surface area contributed by atoms with Crippen molar-refractivity contribution in [1.82, 2.24) is 25.1 Å². The molecule has 0 aromatic carbocycles. The summed E-state index contributed by atoms with van der Waals surface area (Å²) in [7, 11) is 0. The van der Waals surface area contributed by atoms with E-state index >= 15 is 0 Å². The van der Waals surface area contributed by atoms with Crippen molar-refractivity contribution in [1.29, 1.82) is 0 Å². The zero-order valence-corrected chi connectivity index (χ0v) is 11.7. The van der Waals surface area contributed by atoms with Crippen LogP contribution < -0.4 is 0 Å². The lowest BCUT2D eigenvalue weighted by Crippen LogP contribution is -2.45. The van der Waals surface area contributed by atoms with Gasteiger partial charge in [-0.3, -0.25) is 4.79 Å². The van der Waals surface area contributed by atoms with Crippen LogP contribution in [-0.2, 0) is 9.53 Å². The molecule has 1 saturated carbocycles. The summed E-state index contributed by atoms with van der Waals surface area (Å²) in [6, 6.07) is 0.441. The molecule has 1 saturated heterocycles. The number of ether oxygens (including phenoxy) is 1. The van der Waals surface area contributed by atoms with E-state index in [1.165, 1.54) is 11.8 Å². The smallest absolute Gasteiger partial charge is 0.233 e. The normalized spacial score (nSPS) is 23.6. The molecule has 1 atom stereocenters. The summed E-state index contributed by atoms with van der Waals surface area (Å²) in [5.41, 5.74) is 0. The predicted octanol–water partition coefficient (Wildman–Crippen LogP) is 0.347. The number of tetrazole rings is 1. The molecule has 1 aromatic rings. The number of hydrogen-bond acceptors (Lipinski definition) is 6. The van der Waals surface area contributed by atoms with Crippen LogP contribution >= 0.6 is 11.8 Å². The fourth-order valence-electron chi connectivity index (χ4n) is 2.09. The van der Waals surface area contributed by atoms with Gasteiger partial charge in [0.2, 0.25) is 11.1 Å². The third kappa shape index (κ3) is 3.06. The van der Waals surface area contributed by atoms with Crippen LogP contribution in [0.1, 0.15) is 25.8 Å². The Balaban J connectivity index is 1.53. The number of aromatic nitrogens is 4. The van der Waals surface area contributed by atoms with E-state index in [4.69, 9.17) is 4.74 Å². The van der Waals surface area contributed by atoms with Crippen molar-refractivity contribution < 1.29 is 9.53 Å². The van der Waals surface area contributed by atoms with E-state index in [2.05, 4.69) is 15.5 Å². The lowest BCUT2D eigenvalue weighted by Gasteiger charge is -2.31. The maximum atomic E-state index is 12.1. The summed E-state index contributed by atoms with van der Waals surface area (Å²) in [6.07, 6.45) is 2.39. The number of rotatable bonds is 4. The topological polar surface area (TPSA) is 73.1 Å². The molecule has 1 aliphatic carbocycles. The van der Waals surface area contributed by atoms with Gasteiger partial charge in [0.05, 0.1) is 24.5 Å². The Hall–Kier alpha value is -1.15. The van der Waals surface area contributed by atoms with E-state index in [0.717, 1.165) is 18.0 Å². The Morgan fingerprint density at radius 2 is 2.37 bits per heavy atom. The lowest BCUT2D eigenvalue weighted by atomic mass is 10.3. The van der Waals surface area contributed by atoms with Crippen LogP contribution in [-0.4, -0.2) is 62.6 Å². The van der Waals surface area contributed by atoms with E-state index in [1.807, 2.05) is 16.5 Å². The molecule has 2 heterocycles. The fourth-order valence-corrected chi connectivity index (χ4v) is 2.94. The molecular weight excluding hydrogens is 266 g/mol. The van der Waals surface area contributed by atoms with Gasteiger partial charge < -0.3 is 9.64 Å². The average molecular weight is 283 g/mol. The Bertz CT molecular complexity index is 462. The summed E-state index contributed by atoms with van der Waals surface area (Å²) >= 11 is 1.42. The van der Waals surface area contributed by atoms with Crippen molar-refractivity contribution in [2.24, 2.45) is 0 Å². The second-order valence-electron chi connectivity index (χ2n) is 4.95. The monoisotopic (exact) mass is 283 g/mol. The molecule has 1 aromatic heterocycles. The van der Waals surface area contributed by atoms with Gasteiger partial charge in [-0.15, -0.1) is 5.10 Å². The third-order valence-corrected chi connectivity index (χ3v) is 4.19. The van der Waals surface area contributed by atoms with E-state index in [0.29, 0.717) is 31.5 Å². The van der Waals surface area contributed by atoms with Crippen molar-refractivity contribution in [3.63, 3.8) is 0 Å². The zero-order valence-electron chi connectivity index (χ0n) is 10.9. The third-order valence-electron chi connectivity index (χ3n) is 3.27. The van der Waals surface area contributed by atoms with Crippen molar-refractivity contribution >= 4 is 17.7 Å². The number of carbonyl (C=O) groups excluding carboxylic acids is 1. The molecule has 8 heteroatoms. The molecule has 104 valence electrons. The van der Waals surface area contributed by atoms with E-state index < -0.39 is 0 Å². The predicted molar refractivity (Wildman–Crippen MR) is 68.8 cm³/mol. The molecule has 0 N–H and O–H groups in total. The number of nitrogens with zero attached hydrogens (tertiary/aromatic N) is 5. The first-order valence-corrected chi connectivity index (χ1v) is 7.52. The summed E-state index contributed by atoms with van der Waals surface area (Å²) in [5.74, 6) is 0.519. The molecule has 7 nitrogen and oxygen atoms in total. The van der Waals surface area contributed by atoms with E-state index in [9.17, 15) is 4.79 Å². The molecule has 2 aliphatic rings. The van der Waals surface area contributed by atoms with Gasteiger partial charge in [-0.25, -0.2) is 4.68 Å². The van der Waals surface area contributed by atoms with Gasteiger partial charge in [0.15, 0.2) is 0 Å². The molecule has 0 radical (unpaired) electrons. The first-order valence-electron chi connectivity index (χ1n) is 6.54. The van der Waals surface area contributed by atoms with Gasteiger partial charge >= 0.3 is 0 Å². The first-order chi connectivity index (χ1) is 9.24. The van der Waals surface area contributed by atoms with Gasteiger partial charge in [0.1, 0.15) is 0 Å². The quantitative estimate of drug-likeness (QED) is 0.742. The minimum atomic E-state index is 0.125. The number of amides is 1. The number of thioether (sulfide) groups is 1. The summed E-state index contributed by atoms with van der Waals surface area (Å²) in [6.45, 7) is 3.96. The second kappa shape index (κ2) is 5.46. The van der Waals surface area contributed by atoms with Crippen molar-refractivity contribution in [3.05, 3.63) is 0 Å². The van der Waals surface area contributed by atoms with Crippen LogP contribution in [0.15, 0.2) is 5.16 Å². The van der Waals surface area contributed by atoms with Crippen LogP contribution in [0.25, 0.3) is 0 Å². The lowest BCUT2D eigenvalue weighted by molar-refractivity contribution is -0.135. The second-order valence-corrected chi connectivity index (χ2v) is 5.89. The van der Waals surface area contributed by atoms with Crippen LogP contribution in [0.4, 0.5) is 0 Å². The average Bonchev–Trinajstić information content (AvgIpc) is 3.15. The maximum absolute atomic E-state index is 12.1. The Kier molecular flexibility index (Phi) is 3.69. The number of hydrogen-bond donors (Lipinski definition) is 0. The van der Waals surface area contributed by atoms with Crippen LogP contribution in [0.5, 0.6) is 0 Å². The minimum Gasteiger partial charge on any atom is -0.375 e. The van der Waals surface area contributed by atoms with Gasteiger partial charge in [-0.2, -0.15) is 0 Å². The molecule has 2 fully saturated rings. The zero-order chi connectivity index (χ0) is 13.2. The Labute approximate surface area is 115 Å². The van der Waals surface area contributed by atoms with Gasteiger partial charge in [-0.05, 0) is 30.2 Å². The number of morpholine rings is 1. The van der Waals surface area contributed by atoms with Gasteiger partial charge in [-0.1, -0.05) is 11.8 Å². The first kappa shape index (κ1) is 12.9. The largest absolute Gasteiger partial charge is 0.375 e. The summed E-state index contributed by atoms with van der Waals surface area (Å²) < 4.78 is 7.26. The summed E-state index contributed by atoms with van der Waals surface area (Å²) in [4.78, 5) is 14.0. The van der Waals surface area contributed by atoms with Crippen LogP contribution in [0, 0.1) is 0 Å². The van der Waals surface area contributed by atoms with Crippen LogP contribution in [0.2, 0.25) is 0 Å².